The highest BCUT2D eigenvalue weighted by Crippen LogP contribution is 2.44. The third-order valence-corrected chi connectivity index (χ3v) is 10.3. The van der Waals surface area contributed by atoms with Gasteiger partial charge in [0.1, 0.15) is 11.2 Å². The van der Waals surface area contributed by atoms with Crippen molar-refractivity contribution in [3.63, 3.8) is 0 Å². The van der Waals surface area contributed by atoms with Crippen LogP contribution < -0.4 is 26.6 Å². The Morgan fingerprint density at radius 3 is 2.47 bits per heavy atom. The Hall–Kier alpha value is -4.26. The fourth-order valence-corrected chi connectivity index (χ4v) is 7.55. The van der Waals surface area contributed by atoms with Crippen molar-refractivity contribution in [2.45, 2.75) is 44.4 Å². The van der Waals surface area contributed by atoms with E-state index in [-0.39, 0.29) is 17.5 Å². The maximum atomic E-state index is 13.2. The maximum absolute atomic E-state index is 13.2. The first-order valence-corrected chi connectivity index (χ1v) is 16.8. The van der Waals surface area contributed by atoms with Gasteiger partial charge >= 0.3 is 5.69 Å². The smallest absolute Gasteiger partial charge is 0.330 e. The molecule has 4 heterocycles. The molecule has 5 aromatic rings. The summed E-state index contributed by atoms with van der Waals surface area (Å²) in [6.45, 7) is 2.73. The van der Waals surface area contributed by atoms with Crippen molar-refractivity contribution in [1.82, 2.24) is 24.4 Å². The summed E-state index contributed by atoms with van der Waals surface area (Å²) < 4.78 is 13.7. The Kier molecular flexibility index (Phi) is 8.97. The summed E-state index contributed by atoms with van der Waals surface area (Å²) in [6, 6.07) is 15.0. The lowest BCUT2D eigenvalue weighted by molar-refractivity contribution is -0.0304. The molecule has 3 atom stereocenters. The molecule has 3 aromatic heterocycles. The second-order valence-corrected chi connectivity index (χ2v) is 13.3. The number of benzene rings is 2. The summed E-state index contributed by atoms with van der Waals surface area (Å²) in [4.78, 5) is 35.4. The minimum absolute atomic E-state index is 0.00480. The molecule has 49 heavy (non-hydrogen) atoms. The van der Waals surface area contributed by atoms with Crippen molar-refractivity contribution in [1.29, 1.82) is 0 Å². The second kappa shape index (κ2) is 13.2. The van der Waals surface area contributed by atoms with Gasteiger partial charge in [-0.15, -0.1) is 0 Å². The first-order valence-electron chi connectivity index (χ1n) is 16.1. The van der Waals surface area contributed by atoms with E-state index in [0.717, 1.165) is 40.5 Å². The van der Waals surface area contributed by atoms with Crippen LogP contribution >= 0.6 is 23.2 Å². The Balaban J connectivity index is 1.25. The quantitative estimate of drug-likeness (QED) is 0.202. The largest absolute Gasteiger partial charge is 0.481 e. The third-order valence-electron chi connectivity index (χ3n) is 9.49. The molecule has 2 aliphatic rings. The number of hydrogen-bond donors (Lipinski definition) is 3. The molecule has 1 fully saturated rings. The number of aliphatic hydroxyl groups is 1. The second-order valence-electron chi connectivity index (χ2n) is 12.6. The van der Waals surface area contributed by atoms with Gasteiger partial charge in [0.15, 0.2) is 0 Å². The van der Waals surface area contributed by atoms with Crippen LogP contribution in [0.15, 0.2) is 58.1 Å². The zero-order valence-corrected chi connectivity index (χ0v) is 29.0. The molecule has 3 unspecified atom stereocenters. The van der Waals surface area contributed by atoms with Crippen molar-refractivity contribution in [3.8, 4) is 28.3 Å². The van der Waals surface area contributed by atoms with Crippen LogP contribution in [-0.2, 0) is 25.3 Å². The lowest BCUT2D eigenvalue weighted by Crippen LogP contribution is -2.47. The molecule has 0 saturated carbocycles. The topological polar surface area (TPSA) is 133 Å². The van der Waals surface area contributed by atoms with E-state index in [9.17, 15) is 14.7 Å². The monoisotopic (exact) mass is 702 g/mol. The number of nitrogens with zero attached hydrogens (tertiary/aromatic N) is 4. The van der Waals surface area contributed by atoms with E-state index in [0.29, 0.717) is 68.7 Å². The fourth-order valence-electron chi connectivity index (χ4n) is 6.95. The van der Waals surface area contributed by atoms with E-state index in [4.69, 9.17) is 37.7 Å². The number of aliphatic hydroxyl groups excluding tert-OH is 1. The van der Waals surface area contributed by atoms with Crippen molar-refractivity contribution in [2.75, 3.05) is 25.6 Å². The Bertz CT molecular complexity index is 2240. The number of nitrogens with one attached hydrogen (secondary N) is 2. The van der Waals surface area contributed by atoms with Crippen LogP contribution in [0.3, 0.4) is 0 Å². The van der Waals surface area contributed by atoms with Gasteiger partial charge in [-0.05, 0) is 49.9 Å². The number of rotatable bonds is 7. The predicted molar refractivity (Wildman–Crippen MR) is 191 cm³/mol. The van der Waals surface area contributed by atoms with E-state index >= 15 is 0 Å². The number of methoxy groups -OCH3 is 1. The molecule has 0 amide bonds. The van der Waals surface area contributed by atoms with Crippen molar-refractivity contribution in [3.05, 3.63) is 96.2 Å². The van der Waals surface area contributed by atoms with E-state index in [1.165, 1.54) is 11.6 Å². The third kappa shape index (κ3) is 5.89. The predicted octanol–water partition coefficient (Wildman–Crippen LogP) is 5.46. The van der Waals surface area contributed by atoms with Gasteiger partial charge in [-0.2, -0.15) is 0 Å². The van der Waals surface area contributed by atoms with Crippen molar-refractivity contribution in [2.24, 2.45) is 14.1 Å². The van der Waals surface area contributed by atoms with Gasteiger partial charge in [0, 0.05) is 60.7 Å². The van der Waals surface area contributed by atoms with Gasteiger partial charge in [0.05, 0.1) is 46.8 Å². The lowest BCUT2D eigenvalue weighted by Gasteiger charge is -2.31. The zero-order chi connectivity index (χ0) is 34.6. The molecule has 7 rings (SSSR count). The molecule has 11 nitrogen and oxygen atoms in total. The molecule has 0 spiro atoms. The molecule has 1 aliphatic carbocycles. The fraction of sp³-hybridized carbons (Fsp3) is 0.333. The Morgan fingerprint density at radius 2 is 1.71 bits per heavy atom. The van der Waals surface area contributed by atoms with Crippen molar-refractivity contribution >= 4 is 45.6 Å². The molecule has 254 valence electrons. The molecule has 1 aliphatic heterocycles. The summed E-state index contributed by atoms with van der Waals surface area (Å²) in [6.07, 6.45) is 1.86. The number of hydrogen-bond acceptors (Lipinski definition) is 9. The maximum Gasteiger partial charge on any atom is 0.330 e. The van der Waals surface area contributed by atoms with Gasteiger partial charge in [-0.3, -0.25) is 13.9 Å². The average Bonchev–Trinajstić information content (AvgIpc) is 3.50. The molecule has 1 saturated heterocycles. The van der Waals surface area contributed by atoms with Crippen LogP contribution in [0.4, 0.5) is 11.5 Å². The van der Waals surface area contributed by atoms with Crippen LogP contribution in [0.5, 0.6) is 5.88 Å². The number of fused-ring (bicyclic) bond motifs is 2. The number of pyridine rings is 2. The number of aromatic nitrogens is 4. The lowest BCUT2D eigenvalue weighted by atomic mass is 9.99. The van der Waals surface area contributed by atoms with Gasteiger partial charge in [-0.25, -0.2) is 14.8 Å². The van der Waals surface area contributed by atoms with E-state index in [1.807, 2.05) is 30.3 Å². The molecule has 0 bridgehead atoms. The molecule has 3 N–H and O–H groups in total. The standard InChI is InChI=1S/C36H36Cl2N6O5/c1-18-15-27-30(35(46)44(3)36(47)43(27)2)33(39-18)41-25-10-6-8-21(32(25)38)20-7-5-9-22(31(20)37)26-16-19-11-12-24(29(19)34(42-26)48-4)40-23-13-14-49-17-28(23)45/h5-10,15-16,23-24,28,40,45H,11-14,17H2,1-4H3,(H,39,41). The normalized spacial score (nSPS) is 18.9. The number of aryl methyl sites for hydroxylation is 3. The number of ether oxygens (including phenoxy) is 2. The van der Waals surface area contributed by atoms with Crippen molar-refractivity contribution < 1.29 is 14.6 Å². The average molecular weight is 704 g/mol. The van der Waals surface area contributed by atoms with Crippen LogP contribution in [0, 0.1) is 6.92 Å². The van der Waals surface area contributed by atoms with Crippen LogP contribution in [0.25, 0.3) is 33.3 Å². The van der Waals surface area contributed by atoms with Gasteiger partial charge < -0.3 is 25.2 Å². The summed E-state index contributed by atoms with van der Waals surface area (Å²) in [5, 5.41) is 18.5. The molecule has 0 radical (unpaired) electrons. The van der Waals surface area contributed by atoms with Gasteiger partial charge in [0.25, 0.3) is 5.56 Å². The minimum Gasteiger partial charge on any atom is -0.481 e. The summed E-state index contributed by atoms with van der Waals surface area (Å²) >= 11 is 14.2. The summed E-state index contributed by atoms with van der Waals surface area (Å²) in [5.74, 6) is 0.815. The number of halogens is 2. The minimum atomic E-state index is -0.562. The van der Waals surface area contributed by atoms with Crippen LogP contribution in [0.1, 0.15) is 35.7 Å². The molecule has 2 aromatic carbocycles. The SMILES string of the molecule is COc1nc(-c2cccc(-c3cccc(Nc4nc(C)cc5c4c(=O)n(C)c(=O)n5C)c3Cl)c2Cl)cc2c1C(NC1CCOCC1O)CC2. The zero-order valence-electron chi connectivity index (χ0n) is 27.5. The van der Waals surface area contributed by atoms with Crippen LogP contribution in [0.2, 0.25) is 10.0 Å². The first-order chi connectivity index (χ1) is 23.6. The molecular formula is C36H36Cl2N6O5. The first kappa shape index (κ1) is 33.2. The highest BCUT2D eigenvalue weighted by Gasteiger charge is 2.33. The molecular weight excluding hydrogens is 667 g/mol. The van der Waals surface area contributed by atoms with Gasteiger partial charge in [-0.1, -0.05) is 53.5 Å². The van der Waals surface area contributed by atoms with E-state index in [1.54, 1.807) is 33.2 Å². The molecule has 13 heteroatoms. The summed E-state index contributed by atoms with van der Waals surface area (Å²) in [7, 11) is 4.67. The van der Waals surface area contributed by atoms with Gasteiger partial charge in [0.2, 0.25) is 5.88 Å². The van der Waals surface area contributed by atoms with Crippen LogP contribution in [-0.4, -0.2) is 56.7 Å². The Morgan fingerprint density at radius 1 is 0.980 bits per heavy atom. The summed E-state index contributed by atoms with van der Waals surface area (Å²) in [5.41, 5.74) is 5.61. The van der Waals surface area contributed by atoms with E-state index < -0.39 is 17.4 Å². The highest BCUT2D eigenvalue weighted by atomic mass is 35.5. The Labute approximate surface area is 292 Å². The number of anilines is 2. The van der Waals surface area contributed by atoms with E-state index in [2.05, 4.69) is 21.7 Å². The highest BCUT2D eigenvalue weighted by molar-refractivity contribution is 6.39.